The molecule has 0 spiro atoms. The van der Waals surface area contributed by atoms with Crippen molar-refractivity contribution in [3.8, 4) is 11.1 Å². The Balaban J connectivity index is 1.86. The van der Waals surface area contributed by atoms with Gasteiger partial charge >= 0.3 is 0 Å². The number of fused-ring (bicyclic) bond motifs is 2. The van der Waals surface area contributed by atoms with Gasteiger partial charge in [0.05, 0.1) is 12.2 Å². The smallest absolute Gasteiger partial charge is 0.249 e. The van der Waals surface area contributed by atoms with Crippen LogP contribution in [0.2, 0.25) is 5.02 Å². The molecule has 144 valence electrons. The molecule has 0 saturated heterocycles. The molecule has 0 aromatic heterocycles. The molecule has 2 amide bonds. The second kappa shape index (κ2) is 7.57. The fraction of sp³-hybridized carbons (Fsp3) is 0.0833. The van der Waals surface area contributed by atoms with Crippen LogP contribution in [0.5, 0.6) is 0 Å². The van der Waals surface area contributed by atoms with Crippen molar-refractivity contribution in [3.05, 3.63) is 87.9 Å². The average molecular weight is 403 g/mol. The lowest BCUT2D eigenvalue weighted by molar-refractivity contribution is -0.116. The molecule has 0 saturated carbocycles. The van der Waals surface area contributed by atoms with Crippen LogP contribution in [0, 0.1) is 0 Å². The zero-order chi connectivity index (χ0) is 20.5. The van der Waals surface area contributed by atoms with E-state index in [9.17, 15) is 9.59 Å². The van der Waals surface area contributed by atoms with E-state index in [1.165, 1.54) is 0 Å². The lowest BCUT2D eigenvalue weighted by Gasteiger charge is -2.26. The number of primary amides is 1. The maximum Gasteiger partial charge on any atom is 0.249 e. The zero-order valence-electron chi connectivity index (χ0n) is 15.9. The van der Waals surface area contributed by atoms with Crippen molar-refractivity contribution in [2.45, 2.75) is 13.5 Å². The predicted octanol–water partition coefficient (Wildman–Crippen LogP) is 5.14. The number of nitrogens with two attached hydrogens (primary N) is 1. The Bertz CT molecular complexity index is 1170. The van der Waals surface area contributed by atoms with E-state index < -0.39 is 5.91 Å². The quantitative estimate of drug-likeness (QED) is 0.644. The Morgan fingerprint density at radius 3 is 2.48 bits per heavy atom. The first kappa shape index (κ1) is 19.0. The highest BCUT2D eigenvalue weighted by molar-refractivity contribution is 6.30. The van der Waals surface area contributed by atoms with E-state index in [2.05, 4.69) is 0 Å². The van der Waals surface area contributed by atoms with Gasteiger partial charge in [-0.15, -0.1) is 0 Å². The van der Waals surface area contributed by atoms with Crippen LogP contribution in [0.25, 0.3) is 23.3 Å². The highest BCUT2D eigenvalue weighted by atomic mass is 35.5. The van der Waals surface area contributed by atoms with Crippen molar-refractivity contribution in [3.63, 3.8) is 0 Å². The molecule has 0 radical (unpaired) electrons. The summed E-state index contributed by atoms with van der Waals surface area (Å²) in [5, 5.41) is 0.621. The molecule has 3 aromatic rings. The van der Waals surface area contributed by atoms with Crippen molar-refractivity contribution in [1.82, 2.24) is 0 Å². The summed E-state index contributed by atoms with van der Waals surface area (Å²) in [6, 6.07) is 18.7. The second-order valence-corrected chi connectivity index (χ2v) is 7.40. The Morgan fingerprint density at radius 2 is 1.72 bits per heavy atom. The van der Waals surface area contributed by atoms with Crippen molar-refractivity contribution < 1.29 is 9.59 Å². The molecule has 2 N–H and O–H groups in total. The van der Waals surface area contributed by atoms with E-state index >= 15 is 0 Å². The molecule has 4 nitrogen and oxygen atoms in total. The normalized spacial score (nSPS) is 13.7. The molecule has 4 rings (SSSR count). The number of amides is 2. The van der Waals surface area contributed by atoms with Crippen LogP contribution in [0.4, 0.5) is 5.69 Å². The number of nitrogens with zero attached hydrogens (tertiary/aromatic N) is 1. The third-order valence-corrected chi connectivity index (χ3v) is 5.31. The first-order valence-corrected chi connectivity index (χ1v) is 9.59. The fourth-order valence-electron chi connectivity index (χ4n) is 3.64. The van der Waals surface area contributed by atoms with E-state index in [4.69, 9.17) is 17.3 Å². The Morgan fingerprint density at radius 1 is 0.966 bits per heavy atom. The first-order chi connectivity index (χ1) is 13.9. The minimum absolute atomic E-state index is 0.0576. The molecule has 1 aliphatic rings. The van der Waals surface area contributed by atoms with Crippen LogP contribution in [0.15, 0.2) is 60.7 Å². The first-order valence-electron chi connectivity index (χ1n) is 9.22. The molecule has 29 heavy (non-hydrogen) atoms. The lowest BCUT2D eigenvalue weighted by Crippen LogP contribution is -2.29. The largest absolute Gasteiger partial charge is 0.366 e. The Hall–Kier alpha value is -3.37. The molecule has 0 aliphatic carbocycles. The van der Waals surface area contributed by atoms with Gasteiger partial charge in [0.25, 0.3) is 0 Å². The maximum absolute atomic E-state index is 12.4. The van der Waals surface area contributed by atoms with Crippen molar-refractivity contribution in [2.75, 3.05) is 4.90 Å². The summed E-state index contributed by atoms with van der Waals surface area (Å²) in [6.07, 6.45) is 3.98. The molecule has 0 unspecified atom stereocenters. The zero-order valence-corrected chi connectivity index (χ0v) is 16.6. The highest BCUT2D eigenvalue weighted by Gasteiger charge is 2.19. The van der Waals surface area contributed by atoms with Gasteiger partial charge < -0.3 is 10.6 Å². The van der Waals surface area contributed by atoms with E-state index in [1.807, 2.05) is 54.6 Å². The second-order valence-electron chi connectivity index (χ2n) is 6.97. The summed E-state index contributed by atoms with van der Waals surface area (Å²) in [4.78, 5) is 26.0. The van der Waals surface area contributed by atoms with Gasteiger partial charge in [0.1, 0.15) is 0 Å². The number of halogens is 1. The number of hydrogen-bond acceptors (Lipinski definition) is 2. The van der Waals surface area contributed by atoms with Gasteiger partial charge in [-0.2, -0.15) is 0 Å². The molecular formula is C24H19ClN2O2. The molecule has 0 bridgehead atoms. The third-order valence-electron chi connectivity index (χ3n) is 5.08. The van der Waals surface area contributed by atoms with Crippen molar-refractivity contribution in [2.24, 2.45) is 5.73 Å². The van der Waals surface area contributed by atoms with Crippen molar-refractivity contribution in [1.29, 1.82) is 0 Å². The van der Waals surface area contributed by atoms with E-state index in [0.717, 1.165) is 33.5 Å². The number of benzene rings is 3. The highest BCUT2D eigenvalue weighted by Crippen LogP contribution is 2.33. The molecule has 0 atom stereocenters. The standard InChI is InChI=1S/C24H19ClN2O2/c1-15(28)27-14-19-12-17(21-4-2-3-5-22(21)24(26)29)8-6-16(19)7-9-18-13-20(25)10-11-23(18)27/h2-13H,14H2,1H3,(H2,26,29)/b9-7-. The molecule has 5 heteroatoms. The van der Waals surface area contributed by atoms with Gasteiger partial charge in [-0.3, -0.25) is 9.59 Å². The number of anilines is 1. The Kier molecular flexibility index (Phi) is 4.95. The molecule has 3 aromatic carbocycles. The van der Waals surface area contributed by atoms with Crippen LogP contribution in [-0.2, 0) is 11.3 Å². The maximum atomic E-state index is 12.4. The topological polar surface area (TPSA) is 63.4 Å². The molecule has 0 fully saturated rings. The number of carbonyl (C=O) groups is 2. The summed E-state index contributed by atoms with van der Waals surface area (Å²) in [5.74, 6) is -0.527. The number of carbonyl (C=O) groups excluding carboxylic acids is 2. The van der Waals surface area contributed by atoms with Gasteiger partial charge in [-0.05, 0) is 58.1 Å². The summed E-state index contributed by atoms with van der Waals surface area (Å²) in [7, 11) is 0. The van der Waals surface area contributed by atoms with E-state index in [1.54, 1.807) is 30.0 Å². The van der Waals surface area contributed by atoms with Gasteiger partial charge in [-0.1, -0.05) is 54.1 Å². The predicted molar refractivity (Wildman–Crippen MR) is 118 cm³/mol. The summed E-state index contributed by atoms with van der Waals surface area (Å²) < 4.78 is 0. The number of rotatable bonds is 2. The molecule has 1 heterocycles. The van der Waals surface area contributed by atoms with Crippen LogP contribution in [-0.4, -0.2) is 11.8 Å². The SMILES string of the molecule is CC(=O)N1Cc2cc(-c3ccccc3C(N)=O)ccc2/C=C\c2cc(Cl)ccc21. The van der Waals surface area contributed by atoms with Crippen LogP contribution in [0.1, 0.15) is 34.0 Å². The van der Waals surface area contributed by atoms with E-state index in [0.29, 0.717) is 17.1 Å². The summed E-state index contributed by atoms with van der Waals surface area (Å²) in [5.41, 5.74) is 11.4. The summed E-state index contributed by atoms with van der Waals surface area (Å²) >= 11 is 6.15. The lowest BCUT2D eigenvalue weighted by atomic mass is 9.94. The minimum Gasteiger partial charge on any atom is -0.366 e. The summed E-state index contributed by atoms with van der Waals surface area (Å²) in [6.45, 7) is 1.96. The average Bonchev–Trinajstić information content (AvgIpc) is 2.69. The molecular weight excluding hydrogens is 384 g/mol. The Labute approximate surface area is 174 Å². The van der Waals surface area contributed by atoms with Crippen LogP contribution in [0.3, 0.4) is 0 Å². The van der Waals surface area contributed by atoms with Gasteiger partial charge in [0.15, 0.2) is 0 Å². The van der Waals surface area contributed by atoms with Gasteiger partial charge in [-0.25, -0.2) is 0 Å². The fourth-order valence-corrected chi connectivity index (χ4v) is 3.82. The van der Waals surface area contributed by atoms with Gasteiger partial charge in [0.2, 0.25) is 11.8 Å². The van der Waals surface area contributed by atoms with Crippen molar-refractivity contribution >= 4 is 41.3 Å². The third kappa shape index (κ3) is 3.67. The van der Waals surface area contributed by atoms with Crippen LogP contribution < -0.4 is 10.6 Å². The number of hydrogen-bond donors (Lipinski definition) is 1. The monoisotopic (exact) mass is 402 g/mol. The van der Waals surface area contributed by atoms with Crippen LogP contribution >= 0.6 is 11.6 Å². The van der Waals surface area contributed by atoms with E-state index in [-0.39, 0.29) is 5.91 Å². The minimum atomic E-state index is -0.469. The molecule has 1 aliphatic heterocycles. The van der Waals surface area contributed by atoms with Gasteiger partial charge in [0, 0.05) is 17.5 Å².